The fourth-order valence-corrected chi connectivity index (χ4v) is 2.36. The lowest BCUT2D eigenvalue weighted by atomic mass is 9.83. The lowest BCUT2D eigenvalue weighted by Gasteiger charge is -2.28. The fraction of sp³-hybridized carbons (Fsp3) is 0.917. The number of rotatable bonds is 1. The molecule has 0 aromatic heterocycles. The number of amides is 1. The number of halogens is 1. The van der Waals surface area contributed by atoms with Gasteiger partial charge in [-0.05, 0) is 5.92 Å². The van der Waals surface area contributed by atoms with Gasteiger partial charge in [-0.25, -0.2) is 0 Å². The van der Waals surface area contributed by atoms with Crippen molar-refractivity contribution in [3.05, 3.63) is 0 Å². The predicted octanol–water partition coefficient (Wildman–Crippen LogP) is 2.76. The van der Waals surface area contributed by atoms with Gasteiger partial charge in [-0.3, -0.25) is 4.79 Å². The molecule has 0 N–H and O–H groups in total. The monoisotopic (exact) mass is 231 g/mol. The molecule has 1 aliphatic heterocycles. The highest BCUT2D eigenvalue weighted by Gasteiger charge is 2.43. The Kier molecular flexibility index (Phi) is 3.39. The summed E-state index contributed by atoms with van der Waals surface area (Å²) in [6.45, 7) is 11.9. The minimum absolute atomic E-state index is 0.0858. The summed E-state index contributed by atoms with van der Waals surface area (Å²) in [5.74, 6) is 1.35. The third kappa shape index (κ3) is 2.47. The van der Waals surface area contributed by atoms with Crippen LogP contribution >= 0.6 is 11.6 Å². The molecule has 0 bridgehead atoms. The maximum Gasteiger partial charge on any atom is 0.227 e. The number of carbonyl (C=O) groups excluding carboxylic acids is 1. The van der Waals surface area contributed by atoms with E-state index < -0.39 is 0 Å². The van der Waals surface area contributed by atoms with Crippen molar-refractivity contribution < 1.29 is 4.79 Å². The second kappa shape index (κ2) is 3.97. The van der Waals surface area contributed by atoms with Crippen LogP contribution in [0.1, 0.15) is 34.6 Å². The Bertz CT molecular complexity index is 259. The highest BCUT2D eigenvalue weighted by molar-refractivity contribution is 6.18. The summed E-state index contributed by atoms with van der Waals surface area (Å²) in [5, 5.41) is 0. The van der Waals surface area contributed by atoms with Gasteiger partial charge in [0.25, 0.3) is 0 Å². The maximum absolute atomic E-state index is 12.1. The summed E-state index contributed by atoms with van der Waals surface area (Å²) in [6.07, 6.45) is 0. The summed E-state index contributed by atoms with van der Waals surface area (Å²) < 4.78 is 0. The van der Waals surface area contributed by atoms with E-state index in [0.29, 0.717) is 11.8 Å². The van der Waals surface area contributed by atoms with Crippen LogP contribution in [0.15, 0.2) is 0 Å². The van der Waals surface area contributed by atoms with Gasteiger partial charge in [0.1, 0.15) is 0 Å². The molecule has 1 heterocycles. The summed E-state index contributed by atoms with van der Waals surface area (Å²) in [5.41, 5.74) is -0.195. The largest absolute Gasteiger partial charge is 0.341 e. The molecule has 2 unspecified atom stereocenters. The maximum atomic E-state index is 12.1. The van der Waals surface area contributed by atoms with Crippen LogP contribution < -0.4 is 0 Å². The normalized spacial score (nSPS) is 32.1. The standard InChI is InChI=1S/C12H22ClNO/c1-9-6-14(8-12(9,5)7-13)10(15)11(2,3)4/h9H,6-8H2,1-5H3. The van der Waals surface area contributed by atoms with Crippen molar-refractivity contribution in [1.29, 1.82) is 0 Å². The van der Waals surface area contributed by atoms with E-state index in [0.717, 1.165) is 13.1 Å². The first kappa shape index (κ1) is 12.8. The first-order chi connectivity index (χ1) is 6.70. The molecule has 1 aliphatic rings. The molecule has 0 saturated carbocycles. The molecular formula is C12H22ClNO. The lowest BCUT2D eigenvalue weighted by Crippen LogP contribution is -2.39. The molecule has 1 rings (SSSR count). The number of nitrogens with zero attached hydrogens (tertiary/aromatic N) is 1. The highest BCUT2D eigenvalue weighted by Crippen LogP contribution is 2.38. The van der Waals surface area contributed by atoms with Crippen LogP contribution in [0.2, 0.25) is 0 Å². The zero-order valence-electron chi connectivity index (χ0n) is 10.4. The quantitative estimate of drug-likeness (QED) is 0.636. The number of likely N-dealkylation sites (tertiary alicyclic amines) is 1. The summed E-state index contributed by atoms with van der Waals surface area (Å²) >= 11 is 5.99. The molecule has 1 saturated heterocycles. The number of carbonyl (C=O) groups is 1. The molecule has 2 atom stereocenters. The molecule has 1 fully saturated rings. The summed E-state index contributed by atoms with van der Waals surface area (Å²) in [7, 11) is 0. The average Bonchev–Trinajstić information content (AvgIpc) is 2.41. The van der Waals surface area contributed by atoms with Gasteiger partial charge in [0, 0.05) is 29.8 Å². The van der Waals surface area contributed by atoms with Crippen molar-refractivity contribution >= 4 is 17.5 Å². The van der Waals surface area contributed by atoms with E-state index in [1.807, 2.05) is 25.7 Å². The number of hydrogen-bond acceptors (Lipinski definition) is 1. The van der Waals surface area contributed by atoms with Crippen molar-refractivity contribution in [2.45, 2.75) is 34.6 Å². The second-order valence-corrected chi connectivity index (χ2v) is 6.39. The van der Waals surface area contributed by atoms with Crippen LogP contribution in [0.25, 0.3) is 0 Å². The molecular weight excluding hydrogens is 210 g/mol. The van der Waals surface area contributed by atoms with Gasteiger partial charge in [0.15, 0.2) is 0 Å². The molecule has 0 aromatic rings. The van der Waals surface area contributed by atoms with E-state index in [-0.39, 0.29) is 16.7 Å². The van der Waals surface area contributed by atoms with E-state index >= 15 is 0 Å². The number of hydrogen-bond donors (Lipinski definition) is 0. The number of alkyl halides is 1. The molecule has 0 spiro atoms. The van der Waals surface area contributed by atoms with Gasteiger partial charge in [-0.2, -0.15) is 0 Å². The molecule has 2 nitrogen and oxygen atoms in total. The van der Waals surface area contributed by atoms with E-state index in [1.54, 1.807) is 0 Å². The lowest BCUT2D eigenvalue weighted by molar-refractivity contribution is -0.138. The van der Waals surface area contributed by atoms with Gasteiger partial charge < -0.3 is 4.90 Å². The van der Waals surface area contributed by atoms with E-state index in [9.17, 15) is 4.79 Å². The Morgan fingerprint density at radius 3 is 2.40 bits per heavy atom. The molecule has 0 radical (unpaired) electrons. The molecule has 0 aliphatic carbocycles. The van der Waals surface area contributed by atoms with Gasteiger partial charge in [0.05, 0.1) is 0 Å². The molecule has 0 aromatic carbocycles. The highest BCUT2D eigenvalue weighted by atomic mass is 35.5. The van der Waals surface area contributed by atoms with Crippen LogP contribution in [-0.2, 0) is 4.79 Å². The van der Waals surface area contributed by atoms with Crippen molar-refractivity contribution in [3.63, 3.8) is 0 Å². The van der Waals surface area contributed by atoms with Crippen LogP contribution in [0, 0.1) is 16.7 Å². The fourth-order valence-electron chi connectivity index (χ4n) is 2.01. The first-order valence-corrected chi connectivity index (χ1v) is 6.09. The van der Waals surface area contributed by atoms with Gasteiger partial charge in [-0.1, -0.05) is 34.6 Å². The van der Waals surface area contributed by atoms with E-state index in [1.165, 1.54) is 0 Å². The SMILES string of the molecule is CC1CN(C(=O)C(C)(C)C)CC1(C)CCl. The minimum Gasteiger partial charge on any atom is -0.341 e. The minimum atomic E-state index is -0.280. The molecule has 1 amide bonds. The zero-order valence-corrected chi connectivity index (χ0v) is 11.2. The average molecular weight is 232 g/mol. The second-order valence-electron chi connectivity index (χ2n) is 6.12. The molecule has 15 heavy (non-hydrogen) atoms. The third-order valence-corrected chi connectivity index (χ3v) is 4.08. The van der Waals surface area contributed by atoms with Crippen molar-refractivity contribution in [2.75, 3.05) is 19.0 Å². The Balaban J connectivity index is 2.75. The predicted molar refractivity (Wildman–Crippen MR) is 64.0 cm³/mol. The Hall–Kier alpha value is -0.240. The summed E-state index contributed by atoms with van der Waals surface area (Å²) in [6, 6.07) is 0. The molecule has 3 heteroatoms. The summed E-state index contributed by atoms with van der Waals surface area (Å²) in [4.78, 5) is 14.1. The molecule has 88 valence electrons. The Morgan fingerprint density at radius 2 is 2.07 bits per heavy atom. The van der Waals surface area contributed by atoms with Crippen molar-refractivity contribution in [2.24, 2.45) is 16.7 Å². The first-order valence-electron chi connectivity index (χ1n) is 5.56. The third-order valence-electron chi connectivity index (χ3n) is 3.47. The van der Waals surface area contributed by atoms with Gasteiger partial charge in [0.2, 0.25) is 5.91 Å². The van der Waals surface area contributed by atoms with Crippen LogP contribution in [-0.4, -0.2) is 29.8 Å². The Morgan fingerprint density at radius 1 is 1.53 bits per heavy atom. The van der Waals surface area contributed by atoms with Gasteiger partial charge in [-0.15, -0.1) is 11.6 Å². The zero-order chi connectivity index (χ0) is 11.9. The van der Waals surface area contributed by atoms with E-state index in [2.05, 4.69) is 13.8 Å². The van der Waals surface area contributed by atoms with Gasteiger partial charge >= 0.3 is 0 Å². The van der Waals surface area contributed by atoms with Crippen LogP contribution in [0.5, 0.6) is 0 Å². The van der Waals surface area contributed by atoms with E-state index in [4.69, 9.17) is 11.6 Å². The smallest absolute Gasteiger partial charge is 0.227 e. The van der Waals surface area contributed by atoms with Crippen molar-refractivity contribution in [3.8, 4) is 0 Å². The van der Waals surface area contributed by atoms with Crippen LogP contribution in [0.4, 0.5) is 0 Å². The Labute approximate surface area is 98.0 Å². The van der Waals surface area contributed by atoms with Crippen LogP contribution in [0.3, 0.4) is 0 Å². The topological polar surface area (TPSA) is 20.3 Å². The van der Waals surface area contributed by atoms with Crippen molar-refractivity contribution in [1.82, 2.24) is 4.90 Å².